The molecule has 172 valence electrons. The second-order valence-electron chi connectivity index (χ2n) is 9.23. The lowest BCUT2D eigenvalue weighted by atomic mass is 9.87. The van der Waals surface area contributed by atoms with E-state index in [4.69, 9.17) is 0 Å². The number of anilines is 1. The third-order valence-electron chi connectivity index (χ3n) is 6.78. The number of thiophene rings is 1. The van der Waals surface area contributed by atoms with Crippen molar-refractivity contribution in [1.82, 2.24) is 15.2 Å². The van der Waals surface area contributed by atoms with E-state index in [-0.39, 0.29) is 29.8 Å². The summed E-state index contributed by atoms with van der Waals surface area (Å²) in [4.78, 5) is 37.8. The van der Waals surface area contributed by atoms with E-state index in [1.54, 1.807) is 11.4 Å². The van der Waals surface area contributed by atoms with Crippen molar-refractivity contribution >= 4 is 45.6 Å². The number of hydrogen-bond acceptors (Lipinski definition) is 4. The fourth-order valence-electron chi connectivity index (χ4n) is 4.94. The molecule has 1 aliphatic carbocycles. The molecule has 0 bridgehead atoms. The van der Waals surface area contributed by atoms with Gasteiger partial charge in [0.2, 0.25) is 5.91 Å². The van der Waals surface area contributed by atoms with Gasteiger partial charge < -0.3 is 20.5 Å². The van der Waals surface area contributed by atoms with Crippen molar-refractivity contribution < 1.29 is 14.4 Å². The number of fused-ring (bicyclic) bond motifs is 3. The van der Waals surface area contributed by atoms with E-state index < -0.39 is 0 Å². The van der Waals surface area contributed by atoms with E-state index in [0.29, 0.717) is 29.9 Å². The first-order chi connectivity index (χ1) is 16.0. The maximum absolute atomic E-state index is 12.8. The van der Waals surface area contributed by atoms with E-state index >= 15 is 0 Å². The van der Waals surface area contributed by atoms with Crippen molar-refractivity contribution in [3.63, 3.8) is 0 Å². The maximum atomic E-state index is 12.8. The highest BCUT2D eigenvalue weighted by molar-refractivity contribution is 7.08. The summed E-state index contributed by atoms with van der Waals surface area (Å²) in [6.45, 7) is 2.68. The van der Waals surface area contributed by atoms with Gasteiger partial charge in [0.15, 0.2) is 0 Å². The highest BCUT2D eigenvalue weighted by atomic mass is 32.1. The number of benzene rings is 1. The average molecular weight is 465 g/mol. The third-order valence-corrected chi connectivity index (χ3v) is 7.46. The molecule has 1 aliphatic heterocycles. The summed E-state index contributed by atoms with van der Waals surface area (Å²) in [5.41, 5.74) is 2.72. The van der Waals surface area contributed by atoms with E-state index in [0.717, 1.165) is 42.5 Å². The molecule has 1 fully saturated rings. The van der Waals surface area contributed by atoms with Crippen LogP contribution in [0.3, 0.4) is 0 Å². The molecule has 2 aliphatic rings. The van der Waals surface area contributed by atoms with Gasteiger partial charge in [0, 0.05) is 41.0 Å². The standard InChI is InChI=1S/C25H28N4O3S/c1-15-2-4-18(5-3-15)27-23(30)12-20-13-26-25(32)22-11-17-10-19(6-7-21(17)29(20)22)28-24(31)16-8-9-33-14-16/h6-11,14-15,18,20H,2-5,12-13H2,1H3,(H,26,32)(H,27,30)(H,28,31). The van der Waals surface area contributed by atoms with Gasteiger partial charge in [0.25, 0.3) is 11.8 Å². The van der Waals surface area contributed by atoms with Gasteiger partial charge in [-0.25, -0.2) is 0 Å². The zero-order valence-corrected chi connectivity index (χ0v) is 19.4. The van der Waals surface area contributed by atoms with Crippen LogP contribution in [0.2, 0.25) is 0 Å². The fourth-order valence-corrected chi connectivity index (χ4v) is 5.58. The van der Waals surface area contributed by atoms with Crippen LogP contribution in [0, 0.1) is 5.92 Å². The summed E-state index contributed by atoms with van der Waals surface area (Å²) in [5, 5.41) is 13.6. The summed E-state index contributed by atoms with van der Waals surface area (Å²) < 4.78 is 1.97. The predicted octanol–water partition coefficient (Wildman–Crippen LogP) is 4.32. The van der Waals surface area contributed by atoms with Crippen molar-refractivity contribution in [2.45, 2.75) is 51.1 Å². The number of carbonyl (C=O) groups is 3. The molecule has 5 rings (SSSR count). The van der Waals surface area contributed by atoms with E-state index in [1.807, 2.05) is 34.2 Å². The van der Waals surface area contributed by atoms with Crippen LogP contribution in [0.1, 0.15) is 65.9 Å². The lowest BCUT2D eigenvalue weighted by Gasteiger charge is -2.30. The molecular formula is C25H28N4O3S. The first-order valence-corrected chi connectivity index (χ1v) is 12.5. The van der Waals surface area contributed by atoms with Gasteiger partial charge >= 0.3 is 0 Å². The van der Waals surface area contributed by atoms with E-state index in [1.165, 1.54) is 11.3 Å². The van der Waals surface area contributed by atoms with Crippen LogP contribution in [0.15, 0.2) is 41.1 Å². The van der Waals surface area contributed by atoms with Crippen molar-refractivity contribution in [3.8, 4) is 0 Å². The Morgan fingerprint density at radius 1 is 1.15 bits per heavy atom. The lowest BCUT2D eigenvalue weighted by molar-refractivity contribution is -0.122. The highest BCUT2D eigenvalue weighted by Crippen LogP contribution is 2.31. The monoisotopic (exact) mass is 464 g/mol. The van der Waals surface area contributed by atoms with E-state index in [9.17, 15) is 14.4 Å². The Balaban J connectivity index is 1.34. The zero-order chi connectivity index (χ0) is 22.9. The summed E-state index contributed by atoms with van der Waals surface area (Å²) in [7, 11) is 0. The van der Waals surface area contributed by atoms with E-state index in [2.05, 4.69) is 22.9 Å². The fraction of sp³-hybridized carbons (Fsp3) is 0.400. The normalized spacial score (nSPS) is 22.5. The van der Waals surface area contributed by atoms with Gasteiger partial charge in [-0.1, -0.05) is 6.92 Å². The molecule has 3 aromatic rings. The molecule has 0 spiro atoms. The van der Waals surface area contributed by atoms with Gasteiger partial charge in [0.1, 0.15) is 5.69 Å². The molecule has 33 heavy (non-hydrogen) atoms. The molecule has 0 saturated heterocycles. The second kappa shape index (κ2) is 9.02. The van der Waals surface area contributed by atoms with Gasteiger partial charge in [-0.2, -0.15) is 11.3 Å². The topological polar surface area (TPSA) is 92.2 Å². The summed E-state index contributed by atoms with van der Waals surface area (Å²) >= 11 is 1.47. The Labute approximate surface area is 196 Å². The SMILES string of the molecule is CC1CCC(NC(=O)CC2CNC(=O)c3cc4cc(NC(=O)c5ccsc5)ccc4n32)CC1. The summed E-state index contributed by atoms with van der Waals surface area (Å²) in [6.07, 6.45) is 4.70. The highest BCUT2D eigenvalue weighted by Gasteiger charge is 2.29. The van der Waals surface area contributed by atoms with Crippen LogP contribution in [-0.2, 0) is 4.79 Å². The zero-order valence-electron chi connectivity index (χ0n) is 18.6. The molecule has 0 radical (unpaired) electrons. The van der Waals surface area contributed by atoms with Crippen molar-refractivity contribution in [2.75, 3.05) is 11.9 Å². The summed E-state index contributed by atoms with van der Waals surface area (Å²) in [5.74, 6) is 0.459. The van der Waals surface area contributed by atoms with Crippen molar-refractivity contribution in [3.05, 3.63) is 52.3 Å². The second-order valence-corrected chi connectivity index (χ2v) is 10.0. The molecule has 2 aromatic heterocycles. The smallest absolute Gasteiger partial charge is 0.268 e. The molecule has 3 amide bonds. The predicted molar refractivity (Wildman–Crippen MR) is 130 cm³/mol. The molecule has 1 saturated carbocycles. The van der Waals surface area contributed by atoms with Crippen LogP contribution >= 0.6 is 11.3 Å². The lowest BCUT2D eigenvalue weighted by Crippen LogP contribution is -2.43. The molecule has 8 heteroatoms. The average Bonchev–Trinajstić information content (AvgIpc) is 3.46. The molecule has 1 atom stereocenters. The van der Waals surface area contributed by atoms with Crippen LogP contribution in [0.4, 0.5) is 5.69 Å². The number of nitrogens with zero attached hydrogens (tertiary/aromatic N) is 1. The number of hydrogen-bond donors (Lipinski definition) is 3. The third kappa shape index (κ3) is 4.53. The van der Waals surface area contributed by atoms with Gasteiger partial charge in [-0.15, -0.1) is 0 Å². The molecule has 1 aromatic carbocycles. The number of nitrogens with one attached hydrogen (secondary N) is 3. The Morgan fingerprint density at radius 2 is 1.97 bits per heavy atom. The molecular weight excluding hydrogens is 436 g/mol. The van der Waals surface area contributed by atoms with Crippen LogP contribution in [0.25, 0.3) is 10.9 Å². The van der Waals surface area contributed by atoms with Gasteiger partial charge in [-0.05, 0) is 67.3 Å². The quantitative estimate of drug-likeness (QED) is 0.525. The van der Waals surface area contributed by atoms with Crippen LogP contribution in [-0.4, -0.2) is 34.9 Å². The minimum Gasteiger partial charge on any atom is -0.353 e. The van der Waals surface area contributed by atoms with Gasteiger partial charge in [0.05, 0.1) is 11.6 Å². The molecule has 3 N–H and O–H groups in total. The number of carbonyl (C=O) groups excluding carboxylic acids is 3. The first-order valence-electron chi connectivity index (χ1n) is 11.5. The Kier molecular flexibility index (Phi) is 5.93. The van der Waals surface area contributed by atoms with Crippen molar-refractivity contribution in [1.29, 1.82) is 0 Å². The maximum Gasteiger partial charge on any atom is 0.268 e. The minimum absolute atomic E-state index is 0.0307. The molecule has 1 unspecified atom stereocenters. The Hall–Kier alpha value is -3.13. The molecule has 7 nitrogen and oxygen atoms in total. The first kappa shape index (κ1) is 21.7. The Morgan fingerprint density at radius 3 is 2.73 bits per heavy atom. The minimum atomic E-state index is -0.163. The van der Waals surface area contributed by atoms with Gasteiger partial charge in [-0.3, -0.25) is 14.4 Å². The van der Waals surface area contributed by atoms with Crippen LogP contribution < -0.4 is 16.0 Å². The molecule has 3 heterocycles. The number of aromatic nitrogens is 1. The summed E-state index contributed by atoms with van der Waals surface area (Å²) in [6, 6.07) is 9.34. The largest absolute Gasteiger partial charge is 0.353 e. The Bertz CT molecular complexity index is 1190. The van der Waals surface area contributed by atoms with Crippen molar-refractivity contribution in [2.24, 2.45) is 5.92 Å². The number of rotatable bonds is 5. The van der Waals surface area contributed by atoms with Crippen LogP contribution in [0.5, 0.6) is 0 Å². The number of amides is 3.